The lowest BCUT2D eigenvalue weighted by molar-refractivity contribution is 0.119. The first-order valence-electron chi connectivity index (χ1n) is 22.8. The van der Waals surface area contributed by atoms with Crippen LogP contribution in [0, 0.1) is 6.57 Å². The molecular formula is C54H57NO8. The minimum absolute atomic E-state index is 0.111. The summed E-state index contributed by atoms with van der Waals surface area (Å²) < 4.78 is 47.0. The van der Waals surface area contributed by atoms with E-state index in [0.29, 0.717) is 12.3 Å². The fourth-order valence-electron chi connectivity index (χ4n) is 8.09. The highest BCUT2D eigenvalue weighted by Gasteiger charge is 2.26. The summed E-state index contributed by atoms with van der Waals surface area (Å²) in [5.41, 5.74) is 5.52. The van der Waals surface area contributed by atoms with Gasteiger partial charge < -0.3 is 37.9 Å². The predicted octanol–water partition coefficient (Wildman–Crippen LogP) is 11.8. The summed E-state index contributed by atoms with van der Waals surface area (Å²) in [5.74, 6) is 4.30. The third-order valence-electron chi connectivity index (χ3n) is 11.9. The molecule has 0 radical (unpaired) electrons. The summed E-state index contributed by atoms with van der Waals surface area (Å²) in [6.07, 6.45) is 12.7. The van der Waals surface area contributed by atoms with Gasteiger partial charge in [-0.3, -0.25) is 0 Å². The molecular weight excluding hydrogens is 791 g/mol. The van der Waals surface area contributed by atoms with E-state index >= 15 is 0 Å². The van der Waals surface area contributed by atoms with Crippen LogP contribution in [-0.4, -0.2) is 64.7 Å². The molecule has 0 bridgehead atoms. The van der Waals surface area contributed by atoms with Gasteiger partial charge in [0.25, 0.3) is 0 Å². The topological polar surface area (TPSA) is 88.1 Å². The maximum Gasteiger partial charge on any atom is 0.230 e. The first-order chi connectivity index (χ1) is 31.1. The standard InChI is InChI=1S/C54H57NO8/c1-55-46-16-12-41-28-47(17-13-40(41)27-46)56-22-8-6-4-2-3-5-7-9-23-57-53-20-10-38(25-44(53)31-50-33-59-50)24-39-11-21-54(45(26-39)32-51-34-60-51)63-37-62-49-19-15-42-29-48(18-14-43(42)30-49)58-35-52-36-61-52/h10-21,25-30,50-52H,2-9,22-24,31-37H2. The molecule has 326 valence electrons. The van der Waals surface area contributed by atoms with E-state index in [0.717, 1.165) is 121 Å². The van der Waals surface area contributed by atoms with E-state index in [9.17, 15) is 0 Å². The Hall–Kier alpha value is -5.79. The molecule has 0 saturated carbocycles. The Bertz CT molecular complexity index is 2500. The fraction of sp³-hybridized carbons (Fsp3) is 0.389. The van der Waals surface area contributed by atoms with Crippen LogP contribution in [0.1, 0.15) is 73.6 Å². The average molecular weight is 848 g/mol. The van der Waals surface area contributed by atoms with Gasteiger partial charge in [0.2, 0.25) is 6.79 Å². The van der Waals surface area contributed by atoms with Gasteiger partial charge in [-0.1, -0.05) is 93.1 Å². The normalized spacial score (nSPS) is 17.3. The van der Waals surface area contributed by atoms with Gasteiger partial charge in [-0.2, -0.15) is 0 Å². The van der Waals surface area contributed by atoms with Crippen molar-refractivity contribution in [3.05, 3.63) is 143 Å². The van der Waals surface area contributed by atoms with Crippen LogP contribution in [0.5, 0.6) is 28.7 Å². The Labute approximate surface area is 370 Å². The zero-order valence-corrected chi connectivity index (χ0v) is 36.1. The Morgan fingerprint density at radius 2 is 0.937 bits per heavy atom. The second kappa shape index (κ2) is 21.1. The predicted molar refractivity (Wildman–Crippen MR) is 246 cm³/mol. The number of epoxide rings is 3. The molecule has 3 fully saturated rings. The Kier molecular flexibility index (Phi) is 14.2. The zero-order chi connectivity index (χ0) is 42.6. The summed E-state index contributed by atoms with van der Waals surface area (Å²) in [5, 5.41) is 4.35. The number of benzene rings is 6. The van der Waals surface area contributed by atoms with Crippen LogP contribution in [0.2, 0.25) is 0 Å². The van der Waals surface area contributed by atoms with Gasteiger partial charge in [0.1, 0.15) is 41.5 Å². The fourth-order valence-corrected chi connectivity index (χ4v) is 8.09. The number of fused-ring (bicyclic) bond motifs is 2. The van der Waals surface area contributed by atoms with E-state index in [2.05, 4.69) is 53.4 Å². The molecule has 3 aliphatic rings. The smallest absolute Gasteiger partial charge is 0.230 e. The van der Waals surface area contributed by atoms with Crippen molar-refractivity contribution in [3.63, 3.8) is 0 Å². The number of hydrogen-bond donors (Lipinski definition) is 0. The highest BCUT2D eigenvalue weighted by atomic mass is 16.7. The lowest BCUT2D eigenvalue weighted by Gasteiger charge is -2.15. The maximum absolute atomic E-state index is 7.20. The van der Waals surface area contributed by atoms with Gasteiger partial charge in [0.05, 0.1) is 51.8 Å². The summed E-state index contributed by atoms with van der Waals surface area (Å²) >= 11 is 0. The molecule has 63 heavy (non-hydrogen) atoms. The number of hydrogen-bond acceptors (Lipinski definition) is 8. The monoisotopic (exact) mass is 847 g/mol. The summed E-state index contributed by atoms with van der Waals surface area (Å²) in [6.45, 7) is 11.8. The van der Waals surface area contributed by atoms with Gasteiger partial charge >= 0.3 is 0 Å². The van der Waals surface area contributed by atoms with Crippen molar-refractivity contribution in [2.24, 2.45) is 0 Å². The highest BCUT2D eigenvalue weighted by molar-refractivity contribution is 5.87. The molecule has 9 rings (SSSR count). The summed E-state index contributed by atoms with van der Waals surface area (Å²) in [7, 11) is 0. The number of ether oxygens (including phenoxy) is 8. The second-order valence-corrected chi connectivity index (χ2v) is 17.1. The van der Waals surface area contributed by atoms with E-state index < -0.39 is 0 Å². The van der Waals surface area contributed by atoms with Crippen molar-refractivity contribution < 1.29 is 37.9 Å². The lowest BCUT2D eigenvalue weighted by atomic mass is 9.97. The van der Waals surface area contributed by atoms with Crippen molar-refractivity contribution in [1.82, 2.24) is 0 Å². The second-order valence-electron chi connectivity index (χ2n) is 17.1. The molecule has 3 unspecified atom stereocenters. The van der Waals surface area contributed by atoms with Crippen LogP contribution in [-0.2, 0) is 33.5 Å². The molecule has 6 aromatic rings. The van der Waals surface area contributed by atoms with Crippen LogP contribution in [0.25, 0.3) is 26.4 Å². The SMILES string of the molecule is [C-]#[N+]c1ccc2cc(OCCCCCCCCCCOc3ccc(Cc4ccc(OCOc5ccc6cc(OCC7CO7)ccc6c5)c(CC5CO5)c4)cc3CC3CO3)ccc2c1. The third-order valence-corrected chi connectivity index (χ3v) is 11.9. The number of unbranched alkanes of at least 4 members (excludes halogenated alkanes) is 7. The maximum atomic E-state index is 7.20. The molecule has 0 amide bonds. The van der Waals surface area contributed by atoms with Crippen molar-refractivity contribution >= 4 is 27.2 Å². The Morgan fingerprint density at radius 1 is 0.460 bits per heavy atom. The van der Waals surface area contributed by atoms with Crippen LogP contribution in [0.3, 0.4) is 0 Å². The third kappa shape index (κ3) is 12.9. The summed E-state index contributed by atoms with van der Waals surface area (Å²) in [6, 6.07) is 37.1. The molecule has 0 N–H and O–H groups in total. The molecule has 3 aliphatic heterocycles. The molecule has 3 saturated heterocycles. The number of nitrogens with zero attached hydrogens (tertiary/aromatic N) is 1. The highest BCUT2D eigenvalue weighted by Crippen LogP contribution is 2.32. The van der Waals surface area contributed by atoms with Crippen molar-refractivity contribution in [2.45, 2.75) is 88.9 Å². The first-order valence-corrected chi connectivity index (χ1v) is 22.8. The quantitative estimate of drug-likeness (QED) is 0.0231. The van der Waals surface area contributed by atoms with Gasteiger partial charge in [0, 0.05) is 12.8 Å². The van der Waals surface area contributed by atoms with Gasteiger partial charge in [-0.25, -0.2) is 4.85 Å². The van der Waals surface area contributed by atoms with Crippen LogP contribution in [0.4, 0.5) is 5.69 Å². The van der Waals surface area contributed by atoms with E-state index in [1.54, 1.807) is 0 Å². The largest absolute Gasteiger partial charge is 0.494 e. The van der Waals surface area contributed by atoms with E-state index in [1.165, 1.54) is 55.2 Å². The van der Waals surface area contributed by atoms with Crippen molar-refractivity contribution in [2.75, 3.05) is 46.4 Å². The molecule has 9 nitrogen and oxygen atoms in total. The van der Waals surface area contributed by atoms with Gasteiger partial charge in [0.15, 0.2) is 5.69 Å². The molecule has 3 atom stereocenters. The van der Waals surface area contributed by atoms with Crippen molar-refractivity contribution in [3.8, 4) is 28.7 Å². The molecule has 6 aromatic carbocycles. The molecule has 9 heteroatoms. The first kappa shape index (κ1) is 42.5. The van der Waals surface area contributed by atoms with Crippen LogP contribution >= 0.6 is 0 Å². The van der Waals surface area contributed by atoms with Gasteiger partial charge in [-0.15, -0.1) is 0 Å². The van der Waals surface area contributed by atoms with Crippen LogP contribution < -0.4 is 23.7 Å². The minimum atomic E-state index is 0.111. The Balaban J connectivity index is 0.689. The minimum Gasteiger partial charge on any atom is -0.494 e. The lowest BCUT2D eigenvalue weighted by Crippen LogP contribution is -2.08. The molecule has 3 heterocycles. The van der Waals surface area contributed by atoms with E-state index in [-0.39, 0.29) is 25.1 Å². The van der Waals surface area contributed by atoms with E-state index in [4.69, 9.17) is 44.5 Å². The molecule has 0 aliphatic carbocycles. The molecule has 0 aromatic heterocycles. The molecule has 0 spiro atoms. The van der Waals surface area contributed by atoms with E-state index in [1.807, 2.05) is 60.7 Å². The summed E-state index contributed by atoms with van der Waals surface area (Å²) in [4.78, 5) is 3.52. The van der Waals surface area contributed by atoms with Crippen molar-refractivity contribution in [1.29, 1.82) is 0 Å². The Morgan fingerprint density at radius 3 is 1.49 bits per heavy atom. The van der Waals surface area contributed by atoms with Gasteiger partial charge in [-0.05, 0) is 118 Å². The van der Waals surface area contributed by atoms with Crippen LogP contribution in [0.15, 0.2) is 109 Å². The zero-order valence-electron chi connectivity index (χ0n) is 36.1. The average Bonchev–Trinajstić information content (AvgIpc) is 4.15. The number of rotatable bonds is 26.